The number of nitrogens with one attached hydrogen (secondary N) is 2. The second-order valence-corrected chi connectivity index (χ2v) is 5.89. The number of hydrogen-bond donors (Lipinski definition) is 2. The van der Waals surface area contributed by atoms with Crippen molar-refractivity contribution in [3.63, 3.8) is 0 Å². The van der Waals surface area contributed by atoms with E-state index in [0.29, 0.717) is 19.6 Å². The summed E-state index contributed by atoms with van der Waals surface area (Å²) in [5.41, 5.74) is 0. The number of carbonyl (C=O) groups excluding carboxylic acids is 2. The fraction of sp³-hybridized carbons (Fsp3) is 0.571. The summed E-state index contributed by atoms with van der Waals surface area (Å²) >= 11 is 1.47. The maximum Gasteiger partial charge on any atom is 0.315 e. The molecule has 0 saturated carbocycles. The molecule has 1 fully saturated rings. The Morgan fingerprint density at radius 1 is 1.40 bits per heavy atom. The van der Waals surface area contributed by atoms with Crippen LogP contribution in [0.5, 0.6) is 0 Å². The lowest BCUT2D eigenvalue weighted by atomic mass is 10.1. The lowest BCUT2D eigenvalue weighted by Crippen LogP contribution is -2.49. The highest BCUT2D eigenvalue weighted by atomic mass is 32.1. The van der Waals surface area contributed by atoms with Crippen molar-refractivity contribution in [1.82, 2.24) is 15.5 Å². The molecule has 0 atom stereocenters. The van der Waals surface area contributed by atoms with Crippen LogP contribution >= 0.6 is 11.3 Å². The van der Waals surface area contributed by atoms with Crippen LogP contribution in [0.15, 0.2) is 17.5 Å². The summed E-state index contributed by atoms with van der Waals surface area (Å²) in [6.45, 7) is 4.13. The van der Waals surface area contributed by atoms with Crippen molar-refractivity contribution >= 4 is 23.3 Å². The van der Waals surface area contributed by atoms with Crippen LogP contribution in [0.25, 0.3) is 0 Å². The number of piperidine rings is 1. The van der Waals surface area contributed by atoms with Crippen molar-refractivity contribution in [2.75, 3.05) is 19.6 Å². The van der Waals surface area contributed by atoms with Crippen LogP contribution in [0.1, 0.15) is 35.9 Å². The summed E-state index contributed by atoms with van der Waals surface area (Å²) in [6.07, 6.45) is 2.56. The quantitative estimate of drug-likeness (QED) is 0.893. The van der Waals surface area contributed by atoms with E-state index in [1.807, 2.05) is 29.3 Å². The summed E-state index contributed by atoms with van der Waals surface area (Å²) < 4.78 is 0. The highest BCUT2D eigenvalue weighted by Gasteiger charge is 2.24. The second kappa shape index (κ2) is 7.28. The lowest BCUT2D eigenvalue weighted by molar-refractivity contribution is 0.0713. The fourth-order valence-corrected chi connectivity index (χ4v) is 2.95. The molecule has 2 heterocycles. The van der Waals surface area contributed by atoms with E-state index in [1.165, 1.54) is 11.3 Å². The molecule has 1 aliphatic heterocycles. The van der Waals surface area contributed by atoms with Gasteiger partial charge in [0, 0.05) is 25.7 Å². The zero-order chi connectivity index (χ0) is 14.4. The van der Waals surface area contributed by atoms with Crippen LogP contribution in [-0.4, -0.2) is 42.5 Å². The second-order valence-electron chi connectivity index (χ2n) is 4.94. The van der Waals surface area contributed by atoms with Gasteiger partial charge in [-0.1, -0.05) is 13.0 Å². The fourth-order valence-electron chi connectivity index (χ4n) is 2.26. The zero-order valence-corrected chi connectivity index (χ0v) is 12.5. The van der Waals surface area contributed by atoms with Gasteiger partial charge in [-0.05, 0) is 30.7 Å². The minimum absolute atomic E-state index is 0.102. The van der Waals surface area contributed by atoms with Crippen LogP contribution in [-0.2, 0) is 0 Å². The molecular weight excluding hydrogens is 274 g/mol. The molecule has 20 heavy (non-hydrogen) atoms. The predicted octanol–water partition coefficient (Wildman–Crippen LogP) is 2.06. The molecular formula is C14H21N3O2S. The number of amides is 3. The monoisotopic (exact) mass is 295 g/mol. The molecule has 6 heteroatoms. The number of carbonyl (C=O) groups is 2. The van der Waals surface area contributed by atoms with Crippen molar-refractivity contribution in [3.8, 4) is 0 Å². The topological polar surface area (TPSA) is 61.4 Å². The van der Waals surface area contributed by atoms with Crippen molar-refractivity contribution in [1.29, 1.82) is 0 Å². The number of rotatable bonds is 4. The number of urea groups is 1. The highest BCUT2D eigenvalue weighted by Crippen LogP contribution is 2.16. The van der Waals surface area contributed by atoms with Gasteiger partial charge < -0.3 is 15.5 Å². The van der Waals surface area contributed by atoms with Crippen LogP contribution in [0.2, 0.25) is 0 Å². The van der Waals surface area contributed by atoms with Gasteiger partial charge in [-0.3, -0.25) is 4.79 Å². The number of nitrogens with zero attached hydrogens (tertiary/aromatic N) is 1. The first-order valence-electron chi connectivity index (χ1n) is 7.08. The maximum atomic E-state index is 12.2. The number of thiophene rings is 1. The van der Waals surface area contributed by atoms with Gasteiger partial charge >= 0.3 is 6.03 Å². The van der Waals surface area contributed by atoms with Gasteiger partial charge in [0.1, 0.15) is 0 Å². The molecule has 5 nitrogen and oxygen atoms in total. The predicted molar refractivity (Wildman–Crippen MR) is 80.1 cm³/mol. The molecule has 0 aliphatic carbocycles. The van der Waals surface area contributed by atoms with E-state index >= 15 is 0 Å². The van der Waals surface area contributed by atoms with Gasteiger partial charge in [0.25, 0.3) is 5.91 Å². The summed E-state index contributed by atoms with van der Waals surface area (Å²) in [7, 11) is 0. The Morgan fingerprint density at radius 3 is 2.75 bits per heavy atom. The number of hydrogen-bond acceptors (Lipinski definition) is 3. The SMILES string of the molecule is CCCNC(=O)NC1CCN(C(=O)c2cccs2)CC1. The van der Waals surface area contributed by atoms with E-state index < -0.39 is 0 Å². The Morgan fingerprint density at radius 2 is 2.15 bits per heavy atom. The van der Waals surface area contributed by atoms with Crippen LogP contribution in [0.4, 0.5) is 4.79 Å². The molecule has 1 saturated heterocycles. The Bertz CT molecular complexity index is 439. The molecule has 0 spiro atoms. The average molecular weight is 295 g/mol. The third-order valence-corrected chi connectivity index (χ3v) is 4.24. The van der Waals surface area contributed by atoms with Gasteiger partial charge in [-0.25, -0.2) is 4.79 Å². The first-order valence-corrected chi connectivity index (χ1v) is 7.95. The maximum absolute atomic E-state index is 12.2. The van der Waals surface area contributed by atoms with E-state index in [0.717, 1.165) is 24.1 Å². The van der Waals surface area contributed by atoms with E-state index in [4.69, 9.17) is 0 Å². The molecule has 1 aromatic heterocycles. The van der Waals surface area contributed by atoms with E-state index in [9.17, 15) is 9.59 Å². The van der Waals surface area contributed by atoms with E-state index in [1.54, 1.807) is 0 Å². The van der Waals surface area contributed by atoms with Gasteiger partial charge in [0.2, 0.25) is 0 Å². The summed E-state index contributed by atoms with van der Waals surface area (Å²) in [5.74, 6) is 0.105. The van der Waals surface area contributed by atoms with Crippen molar-refractivity contribution in [3.05, 3.63) is 22.4 Å². The summed E-state index contributed by atoms with van der Waals surface area (Å²) in [4.78, 5) is 26.4. The Balaban J connectivity index is 1.75. The molecule has 2 rings (SSSR count). The van der Waals surface area contributed by atoms with Gasteiger partial charge in [0.05, 0.1) is 4.88 Å². The first-order chi connectivity index (χ1) is 9.70. The number of likely N-dealkylation sites (tertiary alicyclic amines) is 1. The summed E-state index contributed by atoms with van der Waals surface area (Å²) in [6, 6.07) is 3.81. The molecule has 1 aliphatic rings. The smallest absolute Gasteiger partial charge is 0.315 e. The molecule has 3 amide bonds. The highest BCUT2D eigenvalue weighted by molar-refractivity contribution is 7.12. The molecule has 0 unspecified atom stereocenters. The lowest BCUT2D eigenvalue weighted by Gasteiger charge is -2.32. The van der Waals surface area contributed by atoms with Gasteiger partial charge in [-0.15, -0.1) is 11.3 Å². The third kappa shape index (κ3) is 3.96. The third-order valence-electron chi connectivity index (χ3n) is 3.38. The van der Waals surface area contributed by atoms with Crippen molar-refractivity contribution in [2.24, 2.45) is 0 Å². The van der Waals surface area contributed by atoms with Crippen molar-refractivity contribution in [2.45, 2.75) is 32.2 Å². The van der Waals surface area contributed by atoms with Crippen LogP contribution < -0.4 is 10.6 Å². The normalized spacial score (nSPS) is 15.9. The minimum atomic E-state index is -0.102. The molecule has 0 bridgehead atoms. The largest absolute Gasteiger partial charge is 0.338 e. The Hall–Kier alpha value is -1.56. The van der Waals surface area contributed by atoms with Crippen LogP contribution in [0, 0.1) is 0 Å². The Kier molecular flexibility index (Phi) is 5.40. The van der Waals surface area contributed by atoms with E-state index in [2.05, 4.69) is 10.6 Å². The minimum Gasteiger partial charge on any atom is -0.338 e. The van der Waals surface area contributed by atoms with E-state index in [-0.39, 0.29) is 18.0 Å². The standard InChI is InChI=1S/C14H21N3O2S/c1-2-7-15-14(19)16-11-5-8-17(9-6-11)13(18)12-4-3-10-20-12/h3-4,10-11H,2,5-9H2,1H3,(H2,15,16,19). The summed E-state index contributed by atoms with van der Waals surface area (Å²) in [5, 5.41) is 7.69. The zero-order valence-electron chi connectivity index (χ0n) is 11.7. The molecule has 1 aromatic rings. The molecule has 110 valence electrons. The molecule has 2 N–H and O–H groups in total. The van der Waals surface area contributed by atoms with Gasteiger partial charge in [0.15, 0.2) is 0 Å². The van der Waals surface area contributed by atoms with Gasteiger partial charge in [-0.2, -0.15) is 0 Å². The first kappa shape index (κ1) is 14.8. The molecule has 0 radical (unpaired) electrons. The average Bonchev–Trinajstić information content (AvgIpc) is 2.99. The van der Waals surface area contributed by atoms with Crippen LogP contribution in [0.3, 0.4) is 0 Å². The molecule has 0 aromatic carbocycles. The Labute approximate surface area is 123 Å². The van der Waals surface area contributed by atoms with Crippen molar-refractivity contribution < 1.29 is 9.59 Å².